The Morgan fingerprint density at radius 1 is 1.00 bits per heavy atom. The zero-order chi connectivity index (χ0) is 19.7. The lowest BCUT2D eigenvalue weighted by molar-refractivity contribution is -0.119. The first-order valence-corrected chi connectivity index (χ1v) is 11.3. The number of amides is 1. The van der Waals surface area contributed by atoms with Gasteiger partial charge in [0.15, 0.2) is 0 Å². The highest BCUT2D eigenvalue weighted by Gasteiger charge is 2.39. The Morgan fingerprint density at radius 3 is 2.50 bits per heavy atom. The van der Waals surface area contributed by atoms with Crippen LogP contribution in [0.4, 0.5) is 5.69 Å². The molecule has 1 atom stereocenters. The molecule has 28 heavy (non-hydrogen) atoms. The van der Waals surface area contributed by atoms with E-state index in [0.29, 0.717) is 25.1 Å². The van der Waals surface area contributed by atoms with E-state index in [1.807, 2.05) is 42.5 Å². The minimum absolute atomic E-state index is 0.215. The summed E-state index contributed by atoms with van der Waals surface area (Å²) in [6.45, 7) is 0.337. The Bertz CT molecular complexity index is 1150. The second-order valence-corrected chi connectivity index (χ2v) is 9.50. The Balaban J connectivity index is 1.62. The van der Waals surface area contributed by atoms with Gasteiger partial charge >= 0.3 is 0 Å². The van der Waals surface area contributed by atoms with Gasteiger partial charge in [0.2, 0.25) is 15.9 Å². The van der Waals surface area contributed by atoms with Gasteiger partial charge in [0, 0.05) is 11.0 Å². The molecule has 1 aliphatic rings. The van der Waals surface area contributed by atoms with E-state index in [-0.39, 0.29) is 10.8 Å². The number of anilines is 1. The molecule has 7 heteroatoms. The minimum Gasteiger partial charge on any atom is -0.324 e. The van der Waals surface area contributed by atoms with E-state index >= 15 is 0 Å². The zero-order valence-electron chi connectivity index (χ0n) is 15.0. The molecule has 144 valence electrons. The van der Waals surface area contributed by atoms with Crippen LogP contribution in [0.3, 0.4) is 0 Å². The first kappa shape index (κ1) is 19.1. The third-order valence-corrected chi connectivity index (χ3v) is 7.56. The number of carbonyl (C=O) groups is 1. The number of nitrogens with zero attached hydrogens (tertiary/aromatic N) is 1. The number of benzene rings is 3. The molecule has 4 rings (SSSR count). The second-order valence-electron chi connectivity index (χ2n) is 6.75. The third-order valence-electron chi connectivity index (χ3n) is 4.97. The van der Waals surface area contributed by atoms with Crippen molar-refractivity contribution in [1.29, 1.82) is 0 Å². The van der Waals surface area contributed by atoms with E-state index in [9.17, 15) is 13.2 Å². The van der Waals surface area contributed by atoms with E-state index < -0.39 is 16.1 Å². The molecular formula is C21H19BrN2O3S. The summed E-state index contributed by atoms with van der Waals surface area (Å²) < 4.78 is 28.6. The summed E-state index contributed by atoms with van der Waals surface area (Å²) in [5.41, 5.74) is 0.627. The topological polar surface area (TPSA) is 66.5 Å². The third kappa shape index (κ3) is 3.57. The molecule has 1 amide bonds. The summed E-state index contributed by atoms with van der Waals surface area (Å²) in [4.78, 5) is 13.0. The summed E-state index contributed by atoms with van der Waals surface area (Å²) in [6.07, 6.45) is 1.16. The van der Waals surface area contributed by atoms with Gasteiger partial charge in [-0.3, -0.25) is 4.79 Å². The van der Waals surface area contributed by atoms with Gasteiger partial charge < -0.3 is 5.32 Å². The Kier molecular flexibility index (Phi) is 5.23. The molecule has 1 aliphatic heterocycles. The van der Waals surface area contributed by atoms with Crippen LogP contribution in [0, 0.1) is 0 Å². The molecule has 1 N–H and O–H groups in total. The van der Waals surface area contributed by atoms with Gasteiger partial charge in [0.05, 0.1) is 10.6 Å². The number of fused-ring (bicyclic) bond motifs is 1. The summed E-state index contributed by atoms with van der Waals surface area (Å²) in [5.74, 6) is -0.311. The fourth-order valence-corrected chi connectivity index (χ4v) is 5.61. The number of rotatable bonds is 4. The standard InChI is InChI=1S/C21H19BrN2O3S/c22-18-8-3-4-9-19(18)23-21(25)20-10-5-13-24(20)28(26,27)17-12-11-15-6-1-2-7-16(15)14-17/h1-4,6-9,11-12,14,20H,5,10,13H2,(H,23,25). The van der Waals surface area contributed by atoms with Crippen LogP contribution in [-0.4, -0.2) is 31.2 Å². The fourth-order valence-electron chi connectivity index (χ4n) is 3.53. The molecule has 0 spiro atoms. The van der Waals surface area contributed by atoms with E-state index in [1.165, 1.54) is 4.31 Å². The van der Waals surface area contributed by atoms with Crippen molar-refractivity contribution in [3.63, 3.8) is 0 Å². The molecule has 0 radical (unpaired) electrons. The van der Waals surface area contributed by atoms with Crippen LogP contribution in [0.5, 0.6) is 0 Å². The molecule has 0 saturated carbocycles. The number of halogens is 1. The van der Waals surface area contributed by atoms with Crippen LogP contribution >= 0.6 is 15.9 Å². The quantitative estimate of drug-likeness (QED) is 0.629. The Labute approximate surface area is 172 Å². The lowest BCUT2D eigenvalue weighted by Crippen LogP contribution is -2.43. The van der Waals surface area contributed by atoms with Crippen LogP contribution in [0.2, 0.25) is 0 Å². The van der Waals surface area contributed by atoms with Gasteiger partial charge in [0.25, 0.3) is 0 Å². The second kappa shape index (κ2) is 7.66. The van der Waals surface area contributed by atoms with Crippen molar-refractivity contribution in [2.45, 2.75) is 23.8 Å². The van der Waals surface area contributed by atoms with Crippen molar-refractivity contribution in [2.24, 2.45) is 0 Å². The normalized spacial score (nSPS) is 17.7. The highest BCUT2D eigenvalue weighted by molar-refractivity contribution is 9.10. The maximum absolute atomic E-state index is 13.2. The summed E-state index contributed by atoms with van der Waals surface area (Å²) in [7, 11) is -3.77. The molecule has 5 nitrogen and oxygen atoms in total. The maximum Gasteiger partial charge on any atom is 0.243 e. The highest BCUT2D eigenvalue weighted by atomic mass is 79.9. The lowest BCUT2D eigenvalue weighted by Gasteiger charge is -2.23. The molecule has 3 aromatic rings. The molecule has 3 aromatic carbocycles. The van der Waals surface area contributed by atoms with Crippen LogP contribution in [0.1, 0.15) is 12.8 Å². The molecule has 0 aliphatic carbocycles. The molecule has 0 bridgehead atoms. The van der Waals surface area contributed by atoms with Gasteiger partial charge in [-0.25, -0.2) is 8.42 Å². The van der Waals surface area contributed by atoms with E-state index in [4.69, 9.17) is 0 Å². The zero-order valence-corrected chi connectivity index (χ0v) is 17.4. The Hall–Kier alpha value is -2.22. The van der Waals surface area contributed by atoms with Gasteiger partial charge in [-0.1, -0.05) is 42.5 Å². The predicted molar refractivity (Wildman–Crippen MR) is 114 cm³/mol. The van der Waals surface area contributed by atoms with Crippen LogP contribution < -0.4 is 5.32 Å². The van der Waals surface area contributed by atoms with Gasteiger partial charge in [-0.05, 0) is 63.8 Å². The molecule has 1 unspecified atom stereocenters. The van der Waals surface area contributed by atoms with Gasteiger partial charge in [0.1, 0.15) is 6.04 Å². The number of hydrogen-bond acceptors (Lipinski definition) is 3. The van der Waals surface area contributed by atoms with Crippen LogP contribution in [0.25, 0.3) is 10.8 Å². The largest absolute Gasteiger partial charge is 0.324 e. The monoisotopic (exact) mass is 458 g/mol. The first-order valence-electron chi connectivity index (χ1n) is 9.03. The van der Waals surface area contributed by atoms with Crippen LogP contribution in [0.15, 0.2) is 76.1 Å². The summed E-state index contributed by atoms with van der Waals surface area (Å²) >= 11 is 3.40. The van der Waals surface area contributed by atoms with Gasteiger partial charge in [-0.15, -0.1) is 0 Å². The van der Waals surface area contributed by atoms with Gasteiger partial charge in [-0.2, -0.15) is 4.31 Å². The van der Waals surface area contributed by atoms with Crippen molar-refractivity contribution >= 4 is 48.3 Å². The highest BCUT2D eigenvalue weighted by Crippen LogP contribution is 2.29. The Morgan fingerprint density at radius 2 is 1.71 bits per heavy atom. The SMILES string of the molecule is O=C(Nc1ccccc1Br)C1CCCN1S(=O)(=O)c1ccc2ccccc2c1. The summed E-state index contributed by atoms with van der Waals surface area (Å²) in [6, 6.07) is 19.3. The van der Waals surface area contributed by atoms with Crippen molar-refractivity contribution in [3.05, 3.63) is 71.2 Å². The molecule has 1 heterocycles. The van der Waals surface area contributed by atoms with Crippen LogP contribution in [-0.2, 0) is 14.8 Å². The molecule has 0 aromatic heterocycles. The van der Waals surface area contributed by atoms with Crippen molar-refractivity contribution in [1.82, 2.24) is 4.31 Å². The number of para-hydroxylation sites is 1. The number of nitrogens with one attached hydrogen (secondary N) is 1. The van der Waals surface area contributed by atoms with E-state index in [2.05, 4.69) is 21.2 Å². The number of carbonyl (C=O) groups excluding carboxylic acids is 1. The number of sulfonamides is 1. The molecular weight excluding hydrogens is 440 g/mol. The lowest BCUT2D eigenvalue weighted by atomic mass is 10.1. The number of hydrogen-bond donors (Lipinski definition) is 1. The minimum atomic E-state index is -3.77. The van der Waals surface area contributed by atoms with E-state index in [1.54, 1.807) is 24.3 Å². The van der Waals surface area contributed by atoms with E-state index in [0.717, 1.165) is 15.2 Å². The predicted octanol–water partition coefficient (Wildman–Crippen LogP) is 4.39. The fraction of sp³-hybridized carbons (Fsp3) is 0.190. The first-order chi connectivity index (χ1) is 13.5. The van der Waals surface area contributed by atoms with Crippen molar-refractivity contribution < 1.29 is 13.2 Å². The maximum atomic E-state index is 13.2. The average molecular weight is 459 g/mol. The molecule has 1 fully saturated rings. The average Bonchev–Trinajstić information content (AvgIpc) is 3.20. The van der Waals surface area contributed by atoms with Crippen molar-refractivity contribution in [3.8, 4) is 0 Å². The smallest absolute Gasteiger partial charge is 0.243 e. The molecule has 1 saturated heterocycles. The van der Waals surface area contributed by atoms with Crippen molar-refractivity contribution in [2.75, 3.05) is 11.9 Å². The summed E-state index contributed by atoms with van der Waals surface area (Å²) in [5, 5.41) is 4.68.